The van der Waals surface area contributed by atoms with Crippen LogP contribution in [0.4, 0.5) is 8.78 Å². The minimum Gasteiger partial charge on any atom is -0.496 e. The lowest BCUT2D eigenvalue weighted by Crippen LogP contribution is -2.41. The fourth-order valence-corrected chi connectivity index (χ4v) is 5.92. The molecule has 0 saturated carbocycles. The van der Waals surface area contributed by atoms with Gasteiger partial charge in [-0.05, 0) is 79.9 Å². The van der Waals surface area contributed by atoms with Crippen molar-refractivity contribution in [3.63, 3.8) is 0 Å². The first kappa shape index (κ1) is 33.1. The van der Waals surface area contributed by atoms with Gasteiger partial charge in [0.05, 0.1) is 14.2 Å². The molecule has 7 nitrogen and oxygen atoms in total. The number of alkyl halides is 2. The lowest BCUT2D eigenvalue weighted by molar-refractivity contribution is -0.0180. The highest BCUT2D eigenvalue weighted by molar-refractivity contribution is 6.08. The van der Waals surface area contributed by atoms with Crippen molar-refractivity contribution in [2.45, 2.75) is 44.1 Å². The number of ether oxygens (including phenoxy) is 3. The summed E-state index contributed by atoms with van der Waals surface area (Å²) < 4.78 is 48.2. The molecule has 0 aliphatic carbocycles. The number of carbonyl (C=O) groups is 2. The largest absolute Gasteiger partial charge is 0.496 e. The second kappa shape index (κ2) is 13.6. The van der Waals surface area contributed by atoms with Gasteiger partial charge in [0.25, 0.3) is 5.92 Å². The third-order valence-electron chi connectivity index (χ3n) is 8.45. The standard InChI is InChI=1S/C38H35F2NO6/c1-24-11-16-30(36(43)44)34(21-24)47-29-14-12-26(13-15-29)31(17-19-38(39,40)28-9-6-5-7-10-28)37(18-8-20-41-37)35(42)27-22-32(45-3)25(2)33(23-27)46-4/h5-16,18,20-23,31H,17,19H2,1-4H3,(H,43,44). The number of ketones is 1. The number of rotatable bonds is 13. The molecule has 1 aliphatic rings. The van der Waals surface area contributed by atoms with E-state index in [1.807, 2.05) is 13.8 Å². The van der Waals surface area contributed by atoms with Crippen LogP contribution in [0, 0.1) is 13.8 Å². The number of benzene rings is 4. The summed E-state index contributed by atoms with van der Waals surface area (Å²) in [7, 11) is 2.99. The summed E-state index contributed by atoms with van der Waals surface area (Å²) in [4.78, 5) is 30.9. The number of aliphatic imine (C=N–C) groups is 1. The van der Waals surface area contributed by atoms with Crippen molar-refractivity contribution < 1.29 is 37.7 Å². The van der Waals surface area contributed by atoms with E-state index in [0.29, 0.717) is 28.4 Å². The first-order valence-electron chi connectivity index (χ1n) is 15.0. The van der Waals surface area contributed by atoms with Gasteiger partial charge >= 0.3 is 5.97 Å². The zero-order chi connectivity index (χ0) is 33.8. The van der Waals surface area contributed by atoms with Gasteiger partial charge in [0.15, 0.2) is 5.78 Å². The number of carboxylic acids is 1. The van der Waals surface area contributed by atoms with E-state index in [-0.39, 0.29) is 28.9 Å². The Hall–Kier alpha value is -5.31. The summed E-state index contributed by atoms with van der Waals surface area (Å²) in [5.74, 6) is -4.13. The maximum atomic E-state index is 15.6. The average molecular weight is 640 g/mol. The Kier molecular flexibility index (Phi) is 9.56. The molecule has 9 heteroatoms. The summed E-state index contributed by atoms with van der Waals surface area (Å²) in [5.41, 5.74) is 0.693. The highest BCUT2D eigenvalue weighted by Gasteiger charge is 2.47. The molecule has 242 valence electrons. The van der Waals surface area contributed by atoms with Gasteiger partial charge in [-0.25, -0.2) is 13.6 Å². The van der Waals surface area contributed by atoms with Crippen molar-refractivity contribution in [1.82, 2.24) is 0 Å². The summed E-state index contributed by atoms with van der Waals surface area (Å²) in [6.07, 6.45) is 4.15. The third kappa shape index (κ3) is 6.79. The lowest BCUT2D eigenvalue weighted by atomic mass is 9.72. The second-order valence-corrected chi connectivity index (χ2v) is 11.4. The van der Waals surface area contributed by atoms with Crippen molar-refractivity contribution in [3.05, 3.63) is 130 Å². The fourth-order valence-electron chi connectivity index (χ4n) is 5.92. The number of hydrogen-bond acceptors (Lipinski definition) is 6. The van der Waals surface area contributed by atoms with Crippen LogP contribution in [0.5, 0.6) is 23.0 Å². The van der Waals surface area contributed by atoms with Crippen LogP contribution in [0.3, 0.4) is 0 Å². The zero-order valence-electron chi connectivity index (χ0n) is 26.5. The van der Waals surface area contributed by atoms with E-state index in [9.17, 15) is 14.7 Å². The smallest absolute Gasteiger partial charge is 0.339 e. The van der Waals surface area contributed by atoms with E-state index in [0.717, 1.165) is 5.56 Å². The maximum Gasteiger partial charge on any atom is 0.339 e. The normalized spacial score (nSPS) is 16.1. The second-order valence-electron chi connectivity index (χ2n) is 11.4. The monoisotopic (exact) mass is 639 g/mol. The molecule has 0 saturated heterocycles. The molecule has 4 aromatic carbocycles. The minimum absolute atomic E-state index is 0.000342. The molecule has 0 fully saturated rings. The number of allylic oxidation sites excluding steroid dienone is 1. The molecule has 5 rings (SSSR count). The van der Waals surface area contributed by atoms with Crippen LogP contribution in [0.2, 0.25) is 0 Å². The molecule has 0 radical (unpaired) electrons. The maximum absolute atomic E-state index is 15.6. The van der Waals surface area contributed by atoms with E-state index in [2.05, 4.69) is 4.99 Å². The van der Waals surface area contributed by atoms with Crippen molar-refractivity contribution in [2.75, 3.05) is 14.2 Å². The predicted molar refractivity (Wildman–Crippen MR) is 176 cm³/mol. The van der Waals surface area contributed by atoms with Crippen LogP contribution in [0.15, 0.2) is 102 Å². The molecule has 2 unspecified atom stereocenters. The Morgan fingerprint density at radius 3 is 2.13 bits per heavy atom. The van der Waals surface area contributed by atoms with Crippen LogP contribution in [0.25, 0.3) is 0 Å². The molecular weight excluding hydrogens is 604 g/mol. The molecule has 0 amide bonds. The van der Waals surface area contributed by atoms with Gasteiger partial charge in [-0.2, -0.15) is 0 Å². The molecule has 1 heterocycles. The van der Waals surface area contributed by atoms with E-state index < -0.39 is 35.6 Å². The van der Waals surface area contributed by atoms with E-state index in [1.54, 1.807) is 78.9 Å². The number of aryl methyl sites for hydroxylation is 1. The lowest BCUT2D eigenvalue weighted by Gasteiger charge is -2.34. The predicted octanol–water partition coefficient (Wildman–Crippen LogP) is 8.73. The number of carboxylic acid groups (broad SMARTS) is 1. The van der Waals surface area contributed by atoms with Crippen molar-refractivity contribution in [1.29, 1.82) is 0 Å². The topological polar surface area (TPSA) is 94.4 Å². The van der Waals surface area contributed by atoms with Crippen LogP contribution < -0.4 is 14.2 Å². The number of nitrogens with zero attached hydrogens (tertiary/aromatic N) is 1. The summed E-state index contributed by atoms with van der Waals surface area (Å²) >= 11 is 0. The van der Waals surface area contributed by atoms with Crippen molar-refractivity contribution in [2.24, 2.45) is 4.99 Å². The Morgan fingerprint density at radius 2 is 1.55 bits per heavy atom. The van der Waals surface area contributed by atoms with Gasteiger partial charge in [0.2, 0.25) is 0 Å². The average Bonchev–Trinajstić information content (AvgIpc) is 3.56. The number of hydrogen-bond donors (Lipinski definition) is 1. The first-order chi connectivity index (χ1) is 22.5. The molecule has 47 heavy (non-hydrogen) atoms. The quantitative estimate of drug-likeness (QED) is 0.147. The molecule has 2 atom stereocenters. The van der Waals surface area contributed by atoms with Crippen LogP contribution >= 0.6 is 0 Å². The highest BCUT2D eigenvalue weighted by Crippen LogP contribution is 2.46. The molecular formula is C38H35F2NO6. The van der Waals surface area contributed by atoms with Crippen molar-refractivity contribution >= 4 is 18.0 Å². The van der Waals surface area contributed by atoms with Gasteiger partial charge in [-0.1, -0.05) is 48.5 Å². The zero-order valence-corrected chi connectivity index (χ0v) is 26.5. The van der Waals surface area contributed by atoms with Crippen LogP contribution in [-0.4, -0.2) is 42.8 Å². The minimum atomic E-state index is -3.17. The van der Waals surface area contributed by atoms with E-state index in [1.165, 1.54) is 38.6 Å². The summed E-state index contributed by atoms with van der Waals surface area (Å²) in [6, 6.07) is 22.2. The number of methoxy groups -OCH3 is 2. The SMILES string of the molecule is COc1cc(C(=O)C2(C(CCC(F)(F)c3ccccc3)c3ccc(Oc4cc(C)ccc4C(=O)O)cc3)C=CC=N2)cc(OC)c1C. The van der Waals surface area contributed by atoms with Crippen LogP contribution in [-0.2, 0) is 5.92 Å². The number of carbonyl (C=O) groups excluding carboxylic acids is 1. The Bertz CT molecular complexity index is 1800. The third-order valence-corrected chi connectivity index (χ3v) is 8.45. The Balaban J connectivity index is 1.56. The van der Waals surface area contributed by atoms with Crippen LogP contribution in [0.1, 0.15) is 61.7 Å². The van der Waals surface area contributed by atoms with Gasteiger partial charge in [-0.15, -0.1) is 0 Å². The molecule has 0 spiro atoms. The van der Waals surface area contributed by atoms with Gasteiger partial charge in [-0.3, -0.25) is 9.79 Å². The Labute approximate surface area is 272 Å². The van der Waals surface area contributed by atoms with E-state index >= 15 is 8.78 Å². The molecule has 0 bridgehead atoms. The van der Waals surface area contributed by atoms with Crippen molar-refractivity contribution in [3.8, 4) is 23.0 Å². The highest BCUT2D eigenvalue weighted by atomic mass is 19.3. The van der Waals surface area contributed by atoms with E-state index in [4.69, 9.17) is 14.2 Å². The first-order valence-corrected chi connectivity index (χ1v) is 15.0. The summed E-state index contributed by atoms with van der Waals surface area (Å²) in [6.45, 7) is 3.63. The molecule has 1 N–H and O–H groups in total. The number of halogens is 2. The molecule has 4 aromatic rings. The number of aromatic carboxylic acids is 1. The summed E-state index contributed by atoms with van der Waals surface area (Å²) in [5, 5.41) is 9.63. The number of Topliss-reactive ketones (excluding diaryl/α,β-unsaturated/α-hetero) is 1. The fraction of sp³-hybridized carbons (Fsp3) is 0.237. The van der Waals surface area contributed by atoms with Gasteiger partial charge in [0.1, 0.15) is 34.1 Å². The van der Waals surface area contributed by atoms with Gasteiger partial charge < -0.3 is 19.3 Å². The molecule has 1 aliphatic heterocycles. The van der Waals surface area contributed by atoms with Gasteiger partial charge in [0, 0.05) is 35.2 Å². The Morgan fingerprint density at radius 1 is 0.894 bits per heavy atom. The molecule has 0 aromatic heterocycles.